The second-order valence-corrected chi connectivity index (χ2v) is 19.0. The average molecular weight is 923 g/mol. The maximum Gasteiger partial charge on any atom is 0.246 e. The lowest BCUT2D eigenvalue weighted by Crippen LogP contribution is -2.58. The molecule has 1 aliphatic heterocycles. The van der Waals surface area contributed by atoms with Gasteiger partial charge in [-0.25, -0.2) is 9.37 Å². The summed E-state index contributed by atoms with van der Waals surface area (Å²) in [7, 11) is 0. The van der Waals surface area contributed by atoms with Crippen LogP contribution in [0.4, 0.5) is 4.39 Å². The first kappa shape index (κ1) is 47.1. The number of thiophene rings is 1. The number of thiazole rings is 1. The van der Waals surface area contributed by atoms with E-state index < -0.39 is 23.4 Å². The second kappa shape index (κ2) is 21.4. The standard InChI is InChI=1S/C50H55FN4O8S2/c1-31(33-9-11-34(12-10-33)45-32(2)52-30-64-45)53-48(58)41-8-6-23-55(41)49(59)47(50(3,4)5)54-43(57)29-61-27-26-60-24-7-25-62-38-18-20-39(21-19-38)63-44-40-22-17-37(56)28-42(40)65-46(44)35-13-15-36(51)16-14-35/h9-22,28,30-31,41,47,56H,6-8,23-27,29H2,1-5H3,(H,53,58)(H,54,57)/t31-,41-,47+/m0/s1. The summed E-state index contributed by atoms with van der Waals surface area (Å²) in [4.78, 5) is 48.5. The summed E-state index contributed by atoms with van der Waals surface area (Å²) in [6.07, 6.45) is 1.86. The Labute approximate surface area is 386 Å². The highest BCUT2D eigenvalue weighted by molar-refractivity contribution is 7.22. The van der Waals surface area contributed by atoms with Gasteiger partial charge < -0.3 is 39.6 Å². The van der Waals surface area contributed by atoms with E-state index >= 15 is 0 Å². The number of aromatic hydroxyl groups is 1. The quantitative estimate of drug-likeness (QED) is 0.0676. The monoisotopic (exact) mass is 922 g/mol. The number of benzene rings is 4. The Balaban J connectivity index is 0.802. The highest BCUT2D eigenvalue weighted by Gasteiger charge is 2.42. The van der Waals surface area contributed by atoms with Crippen molar-refractivity contribution in [1.82, 2.24) is 20.5 Å². The molecule has 0 saturated carbocycles. The summed E-state index contributed by atoms with van der Waals surface area (Å²) in [5.74, 6) is 0.779. The Morgan fingerprint density at radius 3 is 2.28 bits per heavy atom. The molecule has 0 aliphatic carbocycles. The van der Waals surface area contributed by atoms with Crippen molar-refractivity contribution in [2.24, 2.45) is 5.41 Å². The van der Waals surface area contributed by atoms with Crippen molar-refractivity contribution in [2.45, 2.75) is 72.0 Å². The summed E-state index contributed by atoms with van der Waals surface area (Å²) in [6, 6.07) is 24.9. The van der Waals surface area contributed by atoms with Crippen LogP contribution in [0.3, 0.4) is 0 Å². The average Bonchev–Trinajstić information content (AvgIpc) is 4.04. The Morgan fingerprint density at radius 2 is 1.57 bits per heavy atom. The highest BCUT2D eigenvalue weighted by Crippen LogP contribution is 2.47. The van der Waals surface area contributed by atoms with Gasteiger partial charge in [0.15, 0.2) is 5.75 Å². The molecule has 6 aromatic rings. The van der Waals surface area contributed by atoms with Gasteiger partial charge in [-0.05, 0) is 103 Å². The van der Waals surface area contributed by atoms with Crippen LogP contribution < -0.4 is 20.1 Å². The fraction of sp³-hybridized carbons (Fsp3) is 0.360. The van der Waals surface area contributed by atoms with Crippen LogP contribution >= 0.6 is 22.7 Å². The second-order valence-electron chi connectivity index (χ2n) is 17.1. The van der Waals surface area contributed by atoms with E-state index in [2.05, 4.69) is 15.6 Å². The zero-order chi connectivity index (χ0) is 46.1. The first-order valence-corrected chi connectivity index (χ1v) is 23.4. The number of amides is 3. The van der Waals surface area contributed by atoms with Crippen LogP contribution in [-0.2, 0) is 23.9 Å². The smallest absolute Gasteiger partial charge is 0.246 e. The van der Waals surface area contributed by atoms with Crippen molar-refractivity contribution in [3.8, 4) is 43.9 Å². The largest absolute Gasteiger partial charge is 0.508 e. The molecule has 2 aromatic heterocycles. The highest BCUT2D eigenvalue weighted by atomic mass is 32.1. The molecule has 3 heterocycles. The van der Waals surface area contributed by atoms with Crippen molar-refractivity contribution < 1.29 is 42.8 Å². The Hall–Kier alpha value is -5.87. The number of ether oxygens (including phenoxy) is 4. The van der Waals surface area contributed by atoms with Gasteiger partial charge in [0.2, 0.25) is 17.7 Å². The number of phenolic OH excluding ortho intramolecular Hbond substituents is 1. The van der Waals surface area contributed by atoms with E-state index in [1.165, 1.54) is 23.5 Å². The van der Waals surface area contributed by atoms with Gasteiger partial charge in [-0.2, -0.15) is 0 Å². The molecule has 3 N–H and O–H groups in total. The van der Waals surface area contributed by atoms with Crippen LogP contribution in [0.25, 0.3) is 31.0 Å². The van der Waals surface area contributed by atoms with Crippen molar-refractivity contribution in [2.75, 3.05) is 39.6 Å². The summed E-state index contributed by atoms with van der Waals surface area (Å²) >= 11 is 3.05. The fourth-order valence-electron chi connectivity index (χ4n) is 7.63. The Morgan fingerprint density at radius 1 is 0.877 bits per heavy atom. The Bertz CT molecular complexity index is 2560. The van der Waals surface area contributed by atoms with E-state index in [1.54, 1.807) is 40.5 Å². The van der Waals surface area contributed by atoms with Gasteiger partial charge in [-0.3, -0.25) is 14.4 Å². The molecule has 342 valence electrons. The normalized spacial score (nSPS) is 14.9. The lowest BCUT2D eigenvalue weighted by atomic mass is 9.85. The number of halogens is 1. The maximum absolute atomic E-state index is 14.0. The molecule has 15 heteroatoms. The third kappa shape index (κ3) is 12.1. The van der Waals surface area contributed by atoms with E-state index in [1.807, 2.05) is 94.7 Å². The number of rotatable bonds is 19. The lowest BCUT2D eigenvalue weighted by Gasteiger charge is -2.35. The number of hydrogen-bond acceptors (Lipinski definition) is 11. The minimum absolute atomic E-state index is 0.154. The van der Waals surface area contributed by atoms with Gasteiger partial charge in [0.1, 0.15) is 41.8 Å². The molecule has 7 rings (SSSR count). The Kier molecular flexibility index (Phi) is 15.5. The molecule has 4 aromatic carbocycles. The molecule has 0 spiro atoms. The van der Waals surface area contributed by atoms with Crippen molar-refractivity contribution in [3.05, 3.63) is 114 Å². The maximum atomic E-state index is 14.0. The number of nitrogens with zero attached hydrogens (tertiary/aromatic N) is 2. The van der Waals surface area contributed by atoms with E-state index in [9.17, 15) is 23.9 Å². The van der Waals surface area contributed by atoms with Crippen molar-refractivity contribution in [1.29, 1.82) is 0 Å². The van der Waals surface area contributed by atoms with E-state index in [4.69, 9.17) is 18.9 Å². The van der Waals surface area contributed by atoms with Crippen LogP contribution in [0.15, 0.2) is 96.5 Å². The molecule has 3 amide bonds. The van der Waals surface area contributed by atoms with Crippen LogP contribution in [0.1, 0.15) is 64.3 Å². The first-order valence-electron chi connectivity index (χ1n) is 21.7. The molecular weight excluding hydrogens is 868 g/mol. The van der Waals surface area contributed by atoms with E-state index in [0.29, 0.717) is 56.3 Å². The first-order chi connectivity index (χ1) is 31.2. The molecule has 1 aliphatic rings. The minimum atomic E-state index is -0.856. The number of fused-ring (bicyclic) bond motifs is 1. The number of nitrogens with one attached hydrogen (secondary N) is 2. The van der Waals surface area contributed by atoms with E-state index in [0.717, 1.165) is 42.2 Å². The molecule has 0 unspecified atom stereocenters. The zero-order valence-electron chi connectivity index (χ0n) is 37.2. The fourth-order valence-corrected chi connectivity index (χ4v) is 9.61. The zero-order valence-corrected chi connectivity index (χ0v) is 38.9. The van der Waals surface area contributed by atoms with Crippen LogP contribution in [0, 0.1) is 18.2 Å². The number of hydrogen-bond donors (Lipinski definition) is 3. The predicted molar refractivity (Wildman–Crippen MR) is 252 cm³/mol. The molecule has 0 bridgehead atoms. The van der Waals surface area contributed by atoms with Crippen molar-refractivity contribution >= 4 is 50.5 Å². The van der Waals surface area contributed by atoms with Gasteiger partial charge >= 0.3 is 0 Å². The number of carbonyl (C=O) groups is 3. The number of aryl methyl sites for hydroxylation is 1. The molecule has 0 radical (unpaired) electrons. The van der Waals surface area contributed by atoms with Crippen molar-refractivity contribution in [3.63, 3.8) is 0 Å². The van der Waals surface area contributed by atoms with Crippen LogP contribution in [0.5, 0.6) is 23.0 Å². The SMILES string of the molecule is Cc1ncsc1-c1ccc([C@H](C)NC(=O)[C@@H]2CCCN2C(=O)[C@@H](NC(=O)COCCOCCCOc2ccc(Oc3c(-c4ccc(F)cc4)sc4cc(O)ccc34)cc2)C(C)(C)C)cc1. The summed E-state index contributed by atoms with van der Waals surface area (Å²) in [6.45, 7) is 11.1. The van der Waals surface area contributed by atoms with Gasteiger partial charge in [0.25, 0.3) is 0 Å². The lowest BCUT2D eigenvalue weighted by molar-refractivity contribution is -0.144. The number of aromatic nitrogens is 1. The third-order valence-corrected chi connectivity index (χ3v) is 13.3. The number of carbonyl (C=O) groups excluding carboxylic acids is 3. The van der Waals surface area contributed by atoms with Crippen LogP contribution in [0.2, 0.25) is 0 Å². The topological polar surface area (TPSA) is 149 Å². The summed E-state index contributed by atoms with van der Waals surface area (Å²) < 4.78 is 38.0. The van der Waals surface area contributed by atoms with E-state index in [-0.39, 0.29) is 49.2 Å². The van der Waals surface area contributed by atoms with Gasteiger partial charge in [-0.1, -0.05) is 57.2 Å². The number of likely N-dealkylation sites (tertiary alicyclic amines) is 1. The summed E-state index contributed by atoms with van der Waals surface area (Å²) in [5, 5.41) is 16.9. The molecule has 1 fully saturated rings. The molecule has 65 heavy (non-hydrogen) atoms. The number of phenols is 1. The van der Waals surface area contributed by atoms with Gasteiger partial charge in [0, 0.05) is 29.7 Å². The van der Waals surface area contributed by atoms with Crippen LogP contribution in [-0.4, -0.2) is 84.4 Å². The third-order valence-electron chi connectivity index (χ3n) is 11.1. The minimum Gasteiger partial charge on any atom is -0.508 e. The molecule has 3 atom stereocenters. The predicted octanol–water partition coefficient (Wildman–Crippen LogP) is 9.84. The van der Waals surface area contributed by atoms with Gasteiger partial charge in [-0.15, -0.1) is 22.7 Å². The molecular formula is C50H55FN4O8S2. The molecule has 12 nitrogen and oxygen atoms in total. The summed E-state index contributed by atoms with van der Waals surface area (Å²) in [5.41, 5.74) is 5.04. The molecule has 1 saturated heterocycles. The van der Waals surface area contributed by atoms with Gasteiger partial charge in [0.05, 0.1) is 46.8 Å².